The van der Waals surface area contributed by atoms with Crippen LogP contribution in [0, 0.1) is 0 Å². The fraction of sp³-hybridized carbons (Fsp3) is 0. The van der Waals surface area contributed by atoms with Gasteiger partial charge in [-0.1, -0.05) is 48.5 Å². The van der Waals surface area contributed by atoms with Gasteiger partial charge in [0.1, 0.15) is 0 Å². The molecule has 0 aliphatic carbocycles. The second-order valence-electron chi connectivity index (χ2n) is 4.07. The van der Waals surface area contributed by atoms with Crippen molar-refractivity contribution in [2.45, 2.75) is 0 Å². The van der Waals surface area contributed by atoms with Gasteiger partial charge in [0.05, 0.1) is 5.56 Å². The molecule has 0 bridgehead atoms. The second kappa shape index (κ2) is 4.13. The summed E-state index contributed by atoms with van der Waals surface area (Å²) in [6.45, 7) is 0. The van der Waals surface area contributed by atoms with Gasteiger partial charge in [-0.2, -0.15) is 5.26 Å². The lowest BCUT2D eigenvalue weighted by Crippen LogP contribution is -2.02. The van der Waals surface area contributed by atoms with E-state index in [-0.39, 0.29) is 0 Å². The molecule has 0 saturated heterocycles. The predicted octanol–water partition coefficient (Wildman–Crippen LogP) is 3.62. The highest BCUT2D eigenvalue weighted by molar-refractivity contribution is 6.13. The van der Waals surface area contributed by atoms with Gasteiger partial charge in [-0.15, -0.1) is 0 Å². The second-order valence-corrected chi connectivity index (χ2v) is 4.07. The Morgan fingerprint density at radius 3 is 2.44 bits per heavy atom. The molecule has 0 spiro atoms. The molecule has 3 aromatic carbocycles. The molecule has 3 heteroatoms. The van der Waals surface area contributed by atoms with Crippen molar-refractivity contribution in [2.75, 3.05) is 0 Å². The van der Waals surface area contributed by atoms with E-state index in [0.717, 1.165) is 21.5 Å². The molecule has 0 atom stereocenters. The van der Waals surface area contributed by atoms with Crippen LogP contribution in [-0.4, -0.2) is 11.2 Å². The minimum absolute atomic E-state index is 0.362. The molecule has 0 aliphatic rings. The van der Waals surface area contributed by atoms with Crippen LogP contribution in [-0.2, 0) is 4.89 Å². The van der Waals surface area contributed by atoms with Gasteiger partial charge in [0.2, 0.25) is 0 Å². The Bertz CT molecular complexity index is 747. The van der Waals surface area contributed by atoms with E-state index in [1.54, 1.807) is 12.1 Å². The zero-order valence-electron chi connectivity index (χ0n) is 9.46. The van der Waals surface area contributed by atoms with Crippen molar-refractivity contribution in [3.63, 3.8) is 0 Å². The molecule has 3 nitrogen and oxygen atoms in total. The van der Waals surface area contributed by atoms with E-state index in [1.807, 2.05) is 42.5 Å². The molecule has 0 saturated carbocycles. The topological polar surface area (TPSA) is 46.5 Å². The number of fused-ring (bicyclic) bond motifs is 3. The maximum absolute atomic E-state index is 11.5. The van der Waals surface area contributed by atoms with Crippen molar-refractivity contribution in [3.8, 4) is 0 Å². The van der Waals surface area contributed by atoms with Gasteiger partial charge in [0, 0.05) is 0 Å². The first-order valence-electron chi connectivity index (χ1n) is 5.57. The van der Waals surface area contributed by atoms with E-state index in [0.29, 0.717) is 5.56 Å². The van der Waals surface area contributed by atoms with Crippen LogP contribution < -0.4 is 0 Å². The van der Waals surface area contributed by atoms with E-state index in [4.69, 9.17) is 5.26 Å². The lowest BCUT2D eigenvalue weighted by atomic mass is 9.98. The number of hydrogen-bond acceptors (Lipinski definition) is 3. The summed E-state index contributed by atoms with van der Waals surface area (Å²) >= 11 is 0. The van der Waals surface area contributed by atoms with Crippen molar-refractivity contribution < 1.29 is 14.9 Å². The number of hydrogen-bond donors (Lipinski definition) is 1. The van der Waals surface area contributed by atoms with Crippen LogP contribution in [0.3, 0.4) is 0 Å². The largest absolute Gasteiger partial charge is 0.373 e. The van der Waals surface area contributed by atoms with Gasteiger partial charge in [-0.3, -0.25) is 4.89 Å². The van der Waals surface area contributed by atoms with Crippen LogP contribution in [0.4, 0.5) is 0 Å². The van der Waals surface area contributed by atoms with E-state index in [1.165, 1.54) is 0 Å². The highest BCUT2D eigenvalue weighted by Crippen LogP contribution is 2.27. The maximum Gasteiger partial charge on any atom is 0.373 e. The molecule has 0 radical (unpaired) electrons. The monoisotopic (exact) mass is 238 g/mol. The summed E-state index contributed by atoms with van der Waals surface area (Å²) in [5.41, 5.74) is 0.362. The molecule has 0 aromatic heterocycles. The summed E-state index contributed by atoms with van der Waals surface area (Å²) in [7, 11) is 0. The molecule has 18 heavy (non-hydrogen) atoms. The highest BCUT2D eigenvalue weighted by Gasteiger charge is 2.12. The normalized spacial score (nSPS) is 10.7. The first-order valence-corrected chi connectivity index (χ1v) is 5.57. The summed E-state index contributed by atoms with van der Waals surface area (Å²) in [4.78, 5) is 15.3. The Balaban J connectivity index is 2.43. The van der Waals surface area contributed by atoms with Gasteiger partial charge in [-0.25, -0.2) is 4.79 Å². The van der Waals surface area contributed by atoms with Crippen LogP contribution in [0.5, 0.6) is 0 Å². The zero-order valence-corrected chi connectivity index (χ0v) is 9.46. The summed E-state index contributed by atoms with van der Waals surface area (Å²) in [6, 6.07) is 17.1. The zero-order chi connectivity index (χ0) is 12.5. The van der Waals surface area contributed by atoms with Gasteiger partial charge < -0.3 is 0 Å². The molecular formula is C15H10O3. The first-order chi connectivity index (χ1) is 8.81. The van der Waals surface area contributed by atoms with Crippen molar-refractivity contribution in [2.24, 2.45) is 0 Å². The quantitative estimate of drug-likeness (QED) is 0.400. The fourth-order valence-corrected chi connectivity index (χ4v) is 2.27. The lowest BCUT2D eigenvalue weighted by molar-refractivity contribution is -0.182. The Hall–Kier alpha value is -2.39. The first kappa shape index (κ1) is 10.7. The molecule has 0 fully saturated rings. The van der Waals surface area contributed by atoms with Crippen molar-refractivity contribution in [1.82, 2.24) is 0 Å². The number of rotatable bonds is 1. The summed E-state index contributed by atoms with van der Waals surface area (Å²) < 4.78 is 0. The molecule has 3 aromatic rings. The Morgan fingerprint density at radius 1 is 0.833 bits per heavy atom. The van der Waals surface area contributed by atoms with E-state index in [9.17, 15) is 4.79 Å². The Labute approximate surface area is 103 Å². The highest BCUT2D eigenvalue weighted by atomic mass is 17.1. The minimum atomic E-state index is -0.740. The number of benzene rings is 3. The van der Waals surface area contributed by atoms with Crippen molar-refractivity contribution in [3.05, 3.63) is 60.2 Å². The van der Waals surface area contributed by atoms with Crippen LogP contribution in [0.1, 0.15) is 10.4 Å². The standard InChI is InChI=1S/C15H10O3/c16-15(18-17)14-7-3-6-12-11-5-2-1-4-10(11)8-9-13(12)14/h1-9,17H. The van der Waals surface area contributed by atoms with Crippen LogP contribution >= 0.6 is 0 Å². The average Bonchev–Trinajstić information content (AvgIpc) is 2.45. The van der Waals surface area contributed by atoms with Crippen LogP contribution in [0.2, 0.25) is 0 Å². The van der Waals surface area contributed by atoms with E-state index < -0.39 is 5.97 Å². The molecule has 88 valence electrons. The van der Waals surface area contributed by atoms with Crippen molar-refractivity contribution in [1.29, 1.82) is 0 Å². The minimum Gasteiger partial charge on any atom is -0.295 e. The van der Waals surface area contributed by atoms with Gasteiger partial charge >= 0.3 is 5.97 Å². The third-order valence-corrected chi connectivity index (χ3v) is 3.09. The van der Waals surface area contributed by atoms with Crippen LogP contribution in [0.25, 0.3) is 21.5 Å². The van der Waals surface area contributed by atoms with E-state index >= 15 is 0 Å². The fourth-order valence-electron chi connectivity index (χ4n) is 2.27. The van der Waals surface area contributed by atoms with Gasteiger partial charge in [-0.05, 0) is 27.6 Å². The van der Waals surface area contributed by atoms with Gasteiger partial charge in [0.25, 0.3) is 0 Å². The van der Waals surface area contributed by atoms with Crippen LogP contribution in [0.15, 0.2) is 54.6 Å². The molecule has 1 N–H and O–H groups in total. The molecular weight excluding hydrogens is 228 g/mol. The average molecular weight is 238 g/mol. The summed E-state index contributed by atoms with van der Waals surface area (Å²) in [5, 5.41) is 12.4. The lowest BCUT2D eigenvalue weighted by Gasteiger charge is -2.06. The van der Waals surface area contributed by atoms with E-state index in [2.05, 4.69) is 4.89 Å². The molecule has 0 amide bonds. The Kier molecular flexibility index (Phi) is 2.46. The maximum atomic E-state index is 11.5. The molecule has 3 rings (SSSR count). The smallest absolute Gasteiger partial charge is 0.295 e. The van der Waals surface area contributed by atoms with Crippen molar-refractivity contribution >= 4 is 27.5 Å². The molecule has 0 unspecified atom stereocenters. The van der Waals surface area contributed by atoms with Gasteiger partial charge in [0.15, 0.2) is 0 Å². The Morgan fingerprint density at radius 2 is 1.61 bits per heavy atom. The predicted molar refractivity (Wildman–Crippen MR) is 69.5 cm³/mol. The number of carbonyl (C=O) groups excluding carboxylic acids is 1. The summed E-state index contributed by atoms with van der Waals surface area (Å²) in [5.74, 6) is -0.740. The molecule has 0 heterocycles. The summed E-state index contributed by atoms with van der Waals surface area (Å²) in [6.07, 6.45) is 0. The number of carbonyl (C=O) groups is 1. The third-order valence-electron chi connectivity index (χ3n) is 3.09. The third kappa shape index (κ3) is 1.53. The SMILES string of the molecule is O=C(OO)c1cccc2c1ccc1ccccc12. The molecule has 0 aliphatic heterocycles.